The van der Waals surface area contributed by atoms with Gasteiger partial charge in [-0.2, -0.15) is 0 Å². The number of aryl methyl sites for hydroxylation is 1. The highest BCUT2D eigenvalue weighted by molar-refractivity contribution is 7.15. The first-order valence-corrected chi connectivity index (χ1v) is 19.3. The fourth-order valence-electron chi connectivity index (χ4n) is 12.5. The van der Waals surface area contributed by atoms with Crippen molar-refractivity contribution in [3.05, 3.63) is 65.2 Å². The minimum absolute atomic E-state index is 0.0102. The lowest BCUT2D eigenvalue weighted by atomic mass is 9.32. The number of thiazole rings is 1. The number of nitrogens with one attached hydrogen (secondary N) is 1. The van der Waals surface area contributed by atoms with Crippen LogP contribution in [0.3, 0.4) is 0 Å². The Bertz CT molecular complexity index is 1620. The number of carboxylic acid groups (broad SMARTS) is 2. The lowest BCUT2D eigenvalue weighted by molar-refractivity contribution is -0.221. The van der Waals surface area contributed by atoms with Crippen LogP contribution in [0.15, 0.2) is 49.2 Å². The van der Waals surface area contributed by atoms with E-state index in [9.17, 15) is 14.7 Å². The van der Waals surface area contributed by atoms with Crippen LogP contribution in [0.1, 0.15) is 127 Å². The molecule has 0 bridgehead atoms. The van der Waals surface area contributed by atoms with Gasteiger partial charge in [0.05, 0.1) is 11.0 Å². The molecule has 0 saturated heterocycles. The van der Waals surface area contributed by atoms with E-state index in [1.807, 2.05) is 32.2 Å². The van der Waals surface area contributed by atoms with E-state index in [0.29, 0.717) is 29.2 Å². The maximum atomic E-state index is 14.1. The third-order valence-corrected chi connectivity index (χ3v) is 15.5. The minimum atomic E-state index is -0.871. The molecule has 4 saturated carbocycles. The third kappa shape index (κ3) is 5.97. The molecule has 8 atom stereocenters. The molecule has 0 spiro atoms. The Morgan fingerprint density at radius 1 is 0.940 bits per heavy atom. The standard InChI is InChI=1S/C38H50N2O3S.C3H6.CH2O2/c1-23-22-39-33(44-23)40-32(43)38-17-7-8-28(38)27-13-14-30-35(4)18-15-26(24-9-11-25(12-10-24)31(41)42)34(2,3)29(35)16-19-37(30,6)36(27,5)20-21-38;1-3-2;2-1-3/h9-12,15,22,27-30H,7-8,13-14,16-21H2,1-6H3,(H,41,42)(H,39,40,43);3H,1H2,2H3;1H,(H,2,3)/t27?,28?,29?,30?,35?,36-,37?,38?;;/m1../s1. The summed E-state index contributed by atoms with van der Waals surface area (Å²) in [5.74, 6) is 1.66. The maximum absolute atomic E-state index is 14.1. The molecule has 50 heavy (non-hydrogen) atoms. The highest BCUT2D eigenvalue weighted by atomic mass is 32.1. The molecule has 1 aromatic heterocycles. The van der Waals surface area contributed by atoms with Gasteiger partial charge in [-0.15, -0.1) is 17.9 Å². The Hall–Kier alpha value is -3.26. The number of allylic oxidation sites excluding steroid dienone is 3. The van der Waals surface area contributed by atoms with Crippen molar-refractivity contribution in [3.63, 3.8) is 0 Å². The van der Waals surface area contributed by atoms with Crippen LogP contribution in [0.25, 0.3) is 5.57 Å². The molecule has 1 amide bonds. The van der Waals surface area contributed by atoms with Crippen LogP contribution in [0, 0.1) is 57.7 Å². The molecular weight excluding hydrogens is 645 g/mol. The van der Waals surface area contributed by atoms with Crippen molar-refractivity contribution in [1.29, 1.82) is 0 Å². The number of aromatic carboxylic acids is 1. The van der Waals surface area contributed by atoms with Crippen molar-refractivity contribution in [3.8, 4) is 0 Å². The van der Waals surface area contributed by atoms with Crippen LogP contribution in [0.4, 0.5) is 5.13 Å². The van der Waals surface area contributed by atoms with Gasteiger partial charge in [-0.25, -0.2) is 9.78 Å². The van der Waals surface area contributed by atoms with E-state index in [0.717, 1.165) is 42.1 Å². The van der Waals surface area contributed by atoms with E-state index in [4.69, 9.17) is 9.90 Å². The van der Waals surface area contributed by atoms with Crippen molar-refractivity contribution >= 4 is 40.4 Å². The molecule has 1 aromatic carbocycles. The van der Waals surface area contributed by atoms with E-state index in [2.05, 4.69) is 57.6 Å². The first kappa shape index (κ1) is 38.0. The number of carbonyl (C=O) groups is 3. The molecule has 3 N–H and O–H groups in total. The molecular formula is C42H58N2O5S. The molecule has 272 valence electrons. The van der Waals surface area contributed by atoms with Gasteiger partial charge in [-0.05, 0) is 140 Å². The van der Waals surface area contributed by atoms with Gasteiger partial charge in [-0.1, -0.05) is 65.3 Å². The monoisotopic (exact) mass is 702 g/mol. The lowest BCUT2D eigenvalue weighted by Gasteiger charge is -2.72. The number of nitrogens with zero attached hydrogens (tertiary/aromatic N) is 1. The van der Waals surface area contributed by atoms with Crippen molar-refractivity contribution in [2.24, 2.45) is 50.7 Å². The summed E-state index contributed by atoms with van der Waals surface area (Å²) >= 11 is 1.59. The second kappa shape index (κ2) is 14.0. The van der Waals surface area contributed by atoms with E-state index in [1.54, 1.807) is 29.5 Å². The summed E-state index contributed by atoms with van der Waals surface area (Å²) in [7, 11) is 0. The largest absolute Gasteiger partial charge is 0.483 e. The molecule has 5 aliphatic rings. The normalized spacial score (nSPS) is 36.2. The summed E-state index contributed by atoms with van der Waals surface area (Å²) in [5, 5.41) is 20.4. The Balaban J connectivity index is 0.000000758. The van der Waals surface area contributed by atoms with Gasteiger partial charge in [0.25, 0.3) is 6.47 Å². The molecule has 4 fully saturated rings. The Morgan fingerprint density at radius 2 is 1.60 bits per heavy atom. The zero-order chi connectivity index (χ0) is 36.7. The fraction of sp³-hybridized carbons (Fsp3) is 0.619. The summed E-state index contributed by atoms with van der Waals surface area (Å²) < 4.78 is 0. The molecule has 0 aliphatic heterocycles. The number of fused-ring (bicyclic) bond motifs is 7. The molecule has 8 heteroatoms. The lowest BCUT2D eigenvalue weighted by Crippen LogP contribution is -2.65. The van der Waals surface area contributed by atoms with E-state index in [-0.39, 0.29) is 39.5 Å². The predicted molar refractivity (Wildman–Crippen MR) is 202 cm³/mol. The van der Waals surface area contributed by atoms with Gasteiger partial charge in [-0.3, -0.25) is 9.59 Å². The van der Waals surface area contributed by atoms with Crippen molar-refractivity contribution in [1.82, 2.24) is 4.98 Å². The Labute approximate surface area is 303 Å². The average molecular weight is 703 g/mol. The smallest absolute Gasteiger partial charge is 0.335 e. The number of aromatic nitrogens is 1. The minimum Gasteiger partial charge on any atom is -0.483 e. The molecule has 7 unspecified atom stereocenters. The van der Waals surface area contributed by atoms with Crippen LogP contribution in [-0.4, -0.2) is 33.5 Å². The van der Waals surface area contributed by atoms with Gasteiger partial charge >= 0.3 is 5.97 Å². The molecule has 7 nitrogen and oxygen atoms in total. The summed E-state index contributed by atoms with van der Waals surface area (Å²) in [6.45, 7) is 19.8. The predicted octanol–water partition coefficient (Wildman–Crippen LogP) is 10.5. The Morgan fingerprint density at radius 3 is 2.20 bits per heavy atom. The van der Waals surface area contributed by atoms with E-state index < -0.39 is 5.97 Å². The average Bonchev–Trinajstić information content (AvgIpc) is 3.68. The maximum Gasteiger partial charge on any atom is 0.335 e. The summed E-state index contributed by atoms with van der Waals surface area (Å²) in [6.07, 6.45) is 17.7. The van der Waals surface area contributed by atoms with Crippen molar-refractivity contribution in [2.45, 2.75) is 113 Å². The number of anilines is 1. The first-order chi connectivity index (χ1) is 23.6. The van der Waals surface area contributed by atoms with E-state index >= 15 is 0 Å². The zero-order valence-electron chi connectivity index (χ0n) is 31.2. The van der Waals surface area contributed by atoms with Crippen molar-refractivity contribution in [2.75, 3.05) is 5.32 Å². The van der Waals surface area contributed by atoms with Gasteiger partial charge in [0.1, 0.15) is 0 Å². The second-order valence-electron chi connectivity index (χ2n) is 17.0. The topological polar surface area (TPSA) is 117 Å². The number of hydrogen-bond acceptors (Lipinski definition) is 5. The first-order valence-electron chi connectivity index (χ1n) is 18.5. The van der Waals surface area contributed by atoms with Crippen LogP contribution in [0.2, 0.25) is 0 Å². The van der Waals surface area contributed by atoms with Crippen LogP contribution in [-0.2, 0) is 9.59 Å². The van der Waals surface area contributed by atoms with Gasteiger partial charge in [0.2, 0.25) is 5.91 Å². The molecule has 2 aromatic rings. The number of amides is 1. The number of hydrogen-bond donors (Lipinski definition) is 3. The highest BCUT2D eigenvalue weighted by Crippen LogP contribution is 2.77. The molecule has 1 heterocycles. The van der Waals surface area contributed by atoms with Crippen molar-refractivity contribution < 1.29 is 24.6 Å². The third-order valence-electron chi connectivity index (χ3n) is 14.7. The summed E-state index contributed by atoms with van der Waals surface area (Å²) in [6, 6.07) is 7.54. The second-order valence-corrected chi connectivity index (χ2v) is 18.2. The highest BCUT2D eigenvalue weighted by Gasteiger charge is 2.70. The molecule has 5 aliphatic carbocycles. The number of carboxylic acids is 1. The SMILES string of the molecule is C=CC.Cc1cnc(NC(=O)C23CCCC2C2CCC4C5(C)CC=C(c6ccc(C(=O)O)cc6)C(C)(C)C5CCC4(C)[C@]2(C)CC3)s1.O=CO. The number of benzene rings is 1. The zero-order valence-corrected chi connectivity index (χ0v) is 32.0. The summed E-state index contributed by atoms with van der Waals surface area (Å²) in [5.41, 5.74) is 3.38. The quantitative estimate of drug-likeness (QED) is 0.216. The number of rotatable bonds is 4. The van der Waals surface area contributed by atoms with Crippen LogP contribution < -0.4 is 5.32 Å². The Kier molecular flexibility index (Phi) is 10.7. The fourth-order valence-corrected chi connectivity index (χ4v) is 13.1. The van der Waals surface area contributed by atoms with Gasteiger partial charge in [0.15, 0.2) is 5.13 Å². The number of carbonyl (C=O) groups excluding carboxylic acids is 1. The van der Waals surface area contributed by atoms with E-state index in [1.165, 1.54) is 43.2 Å². The summed E-state index contributed by atoms with van der Waals surface area (Å²) in [4.78, 5) is 39.5. The van der Waals surface area contributed by atoms with Crippen LogP contribution >= 0.6 is 11.3 Å². The van der Waals surface area contributed by atoms with Gasteiger partial charge in [0, 0.05) is 11.1 Å². The molecule has 0 radical (unpaired) electrons. The van der Waals surface area contributed by atoms with Crippen LogP contribution in [0.5, 0.6) is 0 Å². The molecule has 7 rings (SSSR count). The van der Waals surface area contributed by atoms with Gasteiger partial charge < -0.3 is 15.5 Å².